The Labute approximate surface area is 112 Å². The predicted octanol–water partition coefficient (Wildman–Crippen LogP) is 2.02. The van der Waals surface area contributed by atoms with E-state index in [1.54, 1.807) is 31.3 Å². The number of hydrogen-bond acceptors (Lipinski definition) is 3. The van der Waals surface area contributed by atoms with E-state index in [-0.39, 0.29) is 12.3 Å². The maximum absolute atomic E-state index is 12.0. The number of nitriles is 1. The van der Waals surface area contributed by atoms with Crippen LogP contribution in [0.25, 0.3) is 0 Å². The largest absolute Gasteiger partial charge is 0.481 e. The highest BCUT2D eigenvalue weighted by Gasteiger charge is 2.31. The summed E-state index contributed by atoms with van der Waals surface area (Å²) in [6, 6.07) is 8.53. The van der Waals surface area contributed by atoms with Gasteiger partial charge < -0.3 is 10.0 Å². The molecule has 0 aliphatic rings. The summed E-state index contributed by atoms with van der Waals surface area (Å²) in [6.45, 7) is 3.03. The third kappa shape index (κ3) is 3.55. The van der Waals surface area contributed by atoms with Gasteiger partial charge in [-0.2, -0.15) is 5.26 Å². The summed E-state index contributed by atoms with van der Waals surface area (Å²) in [5.41, 5.74) is 0.0402. The molecule has 1 N–H and O–H groups in total. The Bertz CT molecular complexity index is 527. The van der Waals surface area contributed by atoms with E-state index in [0.717, 1.165) is 0 Å². The predicted molar refractivity (Wildman–Crippen MR) is 70.6 cm³/mol. The summed E-state index contributed by atoms with van der Waals surface area (Å²) in [4.78, 5) is 24.4. The Morgan fingerprint density at radius 3 is 2.26 bits per heavy atom. The van der Waals surface area contributed by atoms with Gasteiger partial charge in [-0.15, -0.1) is 0 Å². The summed E-state index contributed by atoms with van der Waals surface area (Å²) in [7, 11) is 1.58. The van der Waals surface area contributed by atoms with Gasteiger partial charge >= 0.3 is 5.97 Å². The van der Waals surface area contributed by atoms with Gasteiger partial charge in [-0.3, -0.25) is 9.59 Å². The average Bonchev–Trinajstić information content (AvgIpc) is 2.37. The number of carboxylic acid groups (broad SMARTS) is 1. The molecule has 5 nitrogen and oxygen atoms in total. The van der Waals surface area contributed by atoms with Crippen LogP contribution in [-0.2, 0) is 9.59 Å². The lowest BCUT2D eigenvalue weighted by atomic mass is 9.89. The first-order valence-electron chi connectivity index (χ1n) is 5.78. The van der Waals surface area contributed by atoms with Crippen molar-refractivity contribution in [2.75, 3.05) is 11.9 Å². The molecule has 1 rings (SSSR count). The van der Waals surface area contributed by atoms with Crippen molar-refractivity contribution < 1.29 is 14.7 Å². The lowest BCUT2D eigenvalue weighted by molar-refractivity contribution is -0.149. The van der Waals surface area contributed by atoms with E-state index in [0.29, 0.717) is 11.3 Å². The molecule has 0 radical (unpaired) electrons. The zero-order valence-corrected chi connectivity index (χ0v) is 11.2. The molecule has 0 aromatic heterocycles. The highest BCUT2D eigenvalue weighted by Crippen LogP contribution is 2.23. The van der Waals surface area contributed by atoms with Gasteiger partial charge in [-0.25, -0.2) is 0 Å². The number of benzene rings is 1. The summed E-state index contributed by atoms with van der Waals surface area (Å²) >= 11 is 0. The minimum atomic E-state index is -1.10. The van der Waals surface area contributed by atoms with Gasteiger partial charge in [0.25, 0.3) is 0 Å². The highest BCUT2D eigenvalue weighted by molar-refractivity contribution is 5.95. The quantitative estimate of drug-likeness (QED) is 0.898. The van der Waals surface area contributed by atoms with Gasteiger partial charge in [0.05, 0.1) is 17.0 Å². The first-order chi connectivity index (χ1) is 8.77. The normalized spacial score (nSPS) is 10.6. The molecule has 1 aromatic carbocycles. The van der Waals surface area contributed by atoms with Gasteiger partial charge in [-0.05, 0) is 38.1 Å². The lowest BCUT2D eigenvalue weighted by Gasteiger charge is -2.23. The molecule has 100 valence electrons. The van der Waals surface area contributed by atoms with Crippen molar-refractivity contribution in [3.8, 4) is 6.07 Å². The van der Waals surface area contributed by atoms with Crippen LogP contribution in [-0.4, -0.2) is 24.0 Å². The van der Waals surface area contributed by atoms with E-state index in [4.69, 9.17) is 10.4 Å². The SMILES string of the molecule is CN(C(=O)CC(C)(C)C(=O)O)c1ccc(C#N)cc1. The molecule has 1 amide bonds. The second-order valence-corrected chi connectivity index (χ2v) is 4.98. The molecular formula is C14H16N2O3. The smallest absolute Gasteiger partial charge is 0.309 e. The van der Waals surface area contributed by atoms with Gasteiger partial charge in [0.15, 0.2) is 0 Å². The number of carboxylic acids is 1. The van der Waals surface area contributed by atoms with E-state index < -0.39 is 11.4 Å². The second kappa shape index (κ2) is 5.53. The summed E-state index contributed by atoms with van der Waals surface area (Å²) in [5.74, 6) is -1.29. The van der Waals surface area contributed by atoms with E-state index in [1.807, 2.05) is 6.07 Å². The zero-order valence-electron chi connectivity index (χ0n) is 11.2. The van der Waals surface area contributed by atoms with Crippen molar-refractivity contribution in [3.05, 3.63) is 29.8 Å². The highest BCUT2D eigenvalue weighted by atomic mass is 16.4. The molecule has 0 saturated heterocycles. The fraction of sp³-hybridized carbons (Fsp3) is 0.357. The summed E-state index contributed by atoms with van der Waals surface area (Å²) in [6.07, 6.45) is -0.0845. The van der Waals surface area contributed by atoms with E-state index in [9.17, 15) is 9.59 Å². The number of carbonyl (C=O) groups excluding carboxylic acids is 1. The van der Waals surface area contributed by atoms with Crippen LogP contribution in [0.2, 0.25) is 0 Å². The van der Waals surface area contributed by atoms with Crippen LogP contribution < -0.4 is 4.90 Å². The number of rotatable bonds is 4. The van der Waals surface area contributed by atoms with Crippen molar-refractivity contribution in [2.24, 2.45) is 5.41 Å². The second-order valence-electron chi connectivity index (χ2n) is 4.98. The van der Waals surface area contributed by atoms with Crippen molar-refractivity contribution in [2.45, 2.75) is 20.3 Å². The lowest BCUT2D eigenvalue weighted by Crippen LogP contribution is -2.34. The molecule has 0 atom stereocenters. The van der Waals surface area contributed by atoms with Crippen LogP contribution in [0.5, 0.6) is 0 Å². The molecule has 1 aromatic rings. The minimum absolute atomic E-state index is 0.0845. The fourth-order valence-electron chi connectivity index (χ4n) is 1.48. The van der Waals surface area contributed by atoms with Gasteiger partial charge in [0.1, 0.15) is 0 Å². The Hall–Kier alpha value is -2.35. The number of carbonyl (C=O) groups is 2. The van der Waals surface area contributed by atoms with Crippen LogP contribution in [0.4, 0.5) is 5.69 Å². The molecular weight excluding hydrogens is 244 g/mol. The van der Waals surface area contributed by atoms with Crippen LogP contribution in [0.3, 0.4) is 0 Å². The number of nitrogens with zero attached hydrogens (tertiary/aromatic N) is 2. The van der Waals surface area contributed by atoms with Gasteiger partial charge in [-0.1, -0.05) is 0 Å². The van der Waals surface area contributed by atoms with Crippen molar-refractivity contribution in [3.63, 3.8) is 0 Å². The first kappa shape index (κ1) is 14.7. The van der Waals surface area contributed by atoms with E-state index in [2.05, 4.69) is 0 Å². The summed E-state index contributed by atoms with van der Waals surface area (Å²) in [5, 5.41) is 17.7. The van der Waals surface area contributed by atoms with Gasteiger partial charge in [0.2, 0.25) is 5.91 Å². The number of anilines is 1. The molecule has 0 aliphatic heterocycles. The van der Waals surface area contributed by atoms with Crippen LogP contribution in [0.1, 0.15) is 25.8 Å². The standard InChI is InChI=1S/C14H16N2O3/c1-14(2,13(18)19)8-12(17)16(3)11-6-4-10(9-15)5-7-11/h4-7H,8H2,1-3H3,(H,18,19). The number of hydrogen-bond donors (Lipinski definition) is 1. The molecule has 0 spiro atoms. The zero-order chi connectivity index (χ0) is 14.6. The first-order valence-corrected chi connectivity index (χ1v) is 5.78. The van der Waals surface area contributed by atoms with Crippen LogP contribution >= 0.6 is 0 Å². The average molecular weight is 260 g/mol. The van der Waals surface area contributed by atoms with E-state index >= 15 is 0 Å². The molecule has 0 aliphatic carbocycles. The minimum Gasteiger partial charge on any atom is -0.481 e. The topological polar surface area (TPSA) is 81.4 Å². The number of aliphatic carboxylic acids is 1. The Morgan fingerprint density at radius 2 is 1.84 bits per heavy atom. The molecule has 0 bridgehead atoms. The molecule has 5 heteroatoms. The van der Waals surface area contributed by atoms with E-state index in [1.165, 1.54) is 18.7 Å². The third-order valence-corrected chi connectivity index (χ3v) is 2.93. The number of amides is 1. The maximum atomic E-state index is 12.0. The molecule has 0 fully saturated rings. The molecule has 0 unspecified atom stereocenters. The fourth-order valence-corrected chi connectivity index (χ4v) is 1.48. The maximum Gasteiger partial charge on any atom is 0.309 e. The van der Waals surface area contributed by atoms with Crippen LogP contribution in [0.15, 0.2) is 24.3 Å². The molecule has 19 heavy (non-hydrogen) atoms. The van der Waals surface area contributed by atoms with Crippen molar-refractivity contribution in [1.82, 2.24) is 0 Å². The molecule has 0 heterocycles. The Kier molecular flexibility index (Phi) is 4.28. The Morgan fingerprint density at radius 1 is 1.32 bits per heavy atom. The molecule has 0 saturated carbocycles. The van der Waals surface area contributed by atoms with Crippen LogP contribution in [0, 0.1) is 16.7 Å². The van der Waals surface area contributed by atoms with Crippen molar-refractivity contribution in [1.29, 1.82) is 5.26 Å². The van der Waals surface area contributed by atoms with Gasteiger partial charge in [0, 0.05) is 19.2 Å². The summed E-state index contributed by atoms with van der Waals surface area (Å²) < 4.78 is 0. The third-order valence-electron chi connectivity index (χ3n) is 2.93. The van der Waals surface area contributed by atoms with Crippen molar-refractivity contribution >= 4 is 17.6 Å². The Balaban J connectivity index is 2.82. The monoisotopic (exact) mass is 260 g/mol.